The molecule has 82 valence electrons. The molecule has 1 fully saturated rings. The lowest BCUT2D eigenvalue weighted by molar-refractivity contribution is 0.00316. The van der Waals surface area contributed by atoms with Gasteiger partial charge in [-0.25, -0.2) is 9.18 Å². The first-order valence-corrected chi connectivity index (χ1v) is 5.28. The van der Waals surface area contributed by atoms with Crippen molar-refractivity contribution in [1.82, 2.24) is 4.90 Å². The van der Waals surface area contributed by atoms with Crippen LogP contribution in [0, 0.1) is 0 Å². The van der Waals surface area contributed by atoms with Gasteiger partial charge in [-0.05, 0) is 20.8 Å². The summed E-state index contributed by atoms with van der Waals surface area (Å²) in [6.45, 7) is 5.70. The second-order valence-electron chi connectivity index (χ2n) is 4.62. The Morgan fingerprint density at radius 2 is 2.07 bits per heavy atom. The molecule has 5 heteroatoms. The monoisotopic (exact) mass is 267 g/mol. The number of likely N-dealkylation sites (tertiary alicyclic amines) is 1. The van der Waals surface area contributed by atoms with Crippen molar-refractivity contribution in [2.45, 2.75) is 30.7 Å². The van der Waals surface area contributed by atoms with Crippen molar-refractivity contribution in [3.8, 4) is 0 Å². The van der Waals surface area contributed by atoms with E-state index >= 15 is 0 Å². The van der Waals surface area contributed by atoms with Crippen molar-refractivity contribution in [2.75, 3.05) is 19.8 Å². The van der Waals surface area contributed by atoms with Crippen molar-refractivity contribution in [3.63, 3.8) is 0 Å². The minimum absolute atomic E-state index is 0.373. The summed E-state index contributed by atoms with van der Waals surface area (Å²) in [5.41, 5.74) is -0.489. The van der Waals surface area contributed by atoms with Gasteiger partial charge in [-0.3, -0.25) is 0 Å². The van der Waals surface area contributed by atoms with Gasteiger partial charge in [0.05, 0.1) is 4.32 Å². The zero-order valence-corrected chi connectivity index (χ0v) is 10.2. The summed E-state index contributed by atoms with van der Waals surface area (Å²) in [4.78, 5) is 12.9. The molecule has 0 aromatic carbocycles. The molecule has 0 bridgehead atoms. The molecule has 0 spiro atoms. The third-order valence-corrected chi connectivity index (χ3v) is 2.55. The van der Waals surface area contributed by atoms with Gasteiger partial charge in [0, 0.05) is 13.1 Å². The number of carbonyl (C=O) groups is 1. The molecular formula is C9H15BrFNO2. The Labute approximate surface area is 91.7 Å². The quantitative estimate of drug-likeness (QED) is 0.683. The van der Waals surface area contributed by atoms with Crippen LogP contribution in [0.15, 0.2) is 0 Å². The van der Waals surface area contributed by atoms with E-state index in [1.54, 1.807) is 20.8 Å². The second-order valence-corrected chi connectivity index (χ2v) is 6.30. The van der Waals surface area contributed by atoms with E-state index < -0.39 is 16.6 Å². The van der Waals surface area contributed by atoms with Crippen LogP contribution < -0.4 is 0 Å². The SMILES string of the molecule is CC(C)(C)OC(=O)N1CC(Br)(CF)C1. The Morgan fingerprint density at radius 1 is 1.57 bits per heavy atom. The minimum Gasteiger partial charge on any atom is -0.444 e. The zero-order valence-electron chi connectivity index (χ0n) is 8.64. The van der Waals surface area contributed by atoms with Crippen molar-refractivity contribution >= 4 is 22.0 Å². The van der Waals surface area contributed by atoms with Gasteiger partial charge in [0.2, 0.25) is 0 Å². The fourth-order valence-corrected chi connectivity index (χ4v) is 1.78. The number of hydrogen-bond acceptors (Lipinski definition) is 2. The molecule has 1 aliphatic heterocycles. The van der Waals surface area contributed by atoms with E-state index in [1.165, 1.54) is 4.90 Å². The summed E-state index contributed by atoms with van der Waals surface area (Å²) < 4.78 is 17.0. The van der Waals surface area contributed by atoms with E-state index in [0.717, 1.165) is 0 Å². The third kappa shape index (κ3) is 2.83. The minimum atomic E-state index is -0.538. The first-order valence-electron chi connectivity index (χ1n) is 4.49. The highest BCUT2D eigenvalue weighted by atomic mass is 79.9. The Kier molecular flexibility index (Phi) is 3.09. The molecule has 0 aromatic heterocycles. The third-order valence-electron chi connectivity index (χ3n) is 1.84. The predicted molar refractivity (Wildman–Crippen MR) is 55.4 cm³/mol. The van der Waals surface area contributed by atoms with Gasteiger partial charge in [0.15, 0.2) is 0 Å². The summed E-state index contributed by atoms with van der Waals surface area (Å²) in [5, 5.41) is 0. The van der Waals surface area contributed by atoms with Crippen LogP contribution in [0.1, 0.15) is 20.8 Å². The van der Waals surface area contributed by atoms with Gasteiger partial charge in [-0.1, -0.05) is 15.9 Å². The maximum Gasteiger partial charge on any atom is 0.410 e. The smallest absolute Gasteiger partial charge is 0.410 e. The van der Waals surface area contributed by atoms with E-state index in [4.69, 9.17) is 4.74 Å². The van der Waals surface area contributed by atoms with Crippen LogP contribution in [-0.2, 0) is 4.74 Å². The number of ether oxygens (including phenoxy) is 1. The fourth-order valence-electron chi connectivity index (χ4n) is 1.18. The average Bonchev–Trinajstić information content (AvgIpc) is 1.95. The fraction of sp³-hybridized carbons (Fsp3) is 0.889. The number of nitrogens with zero attached hydrogens (tertiary/aromatic N) is 1. The van der Waals surface area contributed by atoms with Crippen LogP contribution >= 0.6 is 15.9 Å². The van der Waals surface area contributed by atoms with Crippen molar-refractivity contribution < 1.29 is 13.9 Å². The summed E-state index contributed by atoms with van der Waals surface area (Å²) in [7, 11) is 0. The van der Waals surface area contributed by atoms with Gasteiger partial charge in [-0.15, -0.1) is 0 Å². The summed E-state index contributed by atoms with van der Waals surface area (Å²) >= 11 is 3.23. The number of alkyl halides is 2. The lowest BCUT2D eigenvalue weighted by Crippen LogP contribution is -2.61. The molecule has 0 N–H and O–H groups in total. The van der Waals surface area contributed by atoms with E-state index in [0.29, 0.717) is 13.1 Å². The molecule has 14 heavy (non-hydrogen) atoms. The first-order chi connectivity index (χ1) is 6.26. The van der Waals surface area contributed by atoms with Gasteiger partial charge in [0.1, 0.15) is 12.3 Å². The first kappa shape index (κ1) is 11.8. The molecule has 1 saturated heterocycles. The van der Waals surface area contributed by atoms with E-state index in [1.807, 2.05) is 0 Å². The maximum atomic E-state index is 12.4. The Balaban J connectivity index is 2.37. The molecule has 0 atom stereocenters. The van der Waals surface area contributed by atoms with Crippen molar-refractivity contribution in [1.29, 1.82) is 0 Å². The maximum absolute atomic E-state index is 12.4. The summed E-state index contributed by atoms with van der Waals surface area (Å²) in [5.74, 6) is 0. The predicted octanol–water partition coefficient (Wildman–Crippen LogP) is 2.34. The highest BCUT2D eigenvalue weighted by molar-refractivity contribution is 9.10. The van der Waals surface area contributed by atoms with Crippen LogP contribution in [0.5, 0.6) is 0 Å². The van der Waals surface area contributed by atoms with Crippen LogP contribution in [0.4, 0.5) is 9.18 Å². The van der Waals surface area contributed by atoms with Crippen LogP contribution in [0.2, 0.25) is 0 Å². The number of rotatable bonds is 1. The van der Waals surface area contributed by atoms with Crippen molar-refractivity contribution in [3.05, 3.63) is 0 Å². The van der Waals surface area contributed by atoms with E-state index in [-0.39, 0.29) is 6.09 Å². The standard InChI is InChI=1S/C9H15BrFNO2/c1-8(2,3)14-7(13)12-5-9(10,4-11)6-12/h4-6H2,1-3H3. The summed E-state index contributed by atoms with van der Waals surface area (Å²) in [6.07, 6.45) is -0.374. The average molecular weight is 268 g/mol. The number of hydrogen-bond donors (Lipinski definition) is 0. The Bertz CT molecular complexity index is 233. The molecule has 0 unspecified atom stereocenters. The molecule has 0 aliphatic carbocycles. The lowest BCUT2D eigenvalue weighted by atomic mass is 10.0. The molecule has 1 rings (SSSR count). The van der Waals surface area contributed by atoms with Crippen LogP contribution in [0.25, 0.3) is 0 Å². The van der Waals surface area contributed by atoms with Gasteiger partial charge < -0.3 is 9.64 Å². The number of halogens is 2. The van der Waals surface area contributed by atoms with E-state index in [2.05, 4.69) is 15.9 Å². The lowest BCUT2D eigenvalue weighted by Gasteiger charge is -2.44. The van der Waals surface area contributed by atoms with Gasteiger partial charge >= 0.3 is 6.09 Å². The van der Waals surface area contributed by atoms with Gasteiger partial charge in [-0.2, -0.15) is 0 Å². The molecule has 3 nitrogen and oxygen atoms in total. The largest absolute Gasteiger partial charge is 0.444 e. The van der Waals surface area contributed by atoms with E-state index in [9.17, 15) is 9.18 Å². The number of amides is 1. The molecule has 0 radical (unpaired) electrons. The number of carbonyl (C=O) groups excluding carboxylic acids is 1. The Morgan fingerprint density at radius 3 is 2.43 bits per heavy atom. The molecule has 1 aliphatic rings. The summed E-state index contributed by atoms with van der Waals surface area (Å²) in [6, 6.07) is 0. The second kappa shape index (κ2) is 3.68. The molecule has 0 saturated carbocycles. The van der Waals surface area contributed by atoms with Crippen LogP contribution in [0.3, 0.4) is 0 Å². The van der Waals surface area contributed by atoms with Gasteiger partial charge in [0.25, 0.3) is 0 Å². The molecular weight excluding hydrogens is 253 g/mol. The zero-order chi connectivity index (χ0) is 11.0. The molecule has 1 amide bonds. The highest BCUT2D eigenvalue weighted by Gasteiger charge is 2.44. The van der Waals surface area contributed by atoms with Crippen molar-refractivity contribution in [2.24, 2.45) is 0 Å². The normalized spacial score (nSPS) is 20.2. The molecule has 0 aromatic rings. The topological polar surface area (TPSA) is 29.5 Å². The highest BCUT2D eigenvalue weighted by Crippen LogP contribution is 2.31. The Hall–Kier alpha value is -0.320. The molecule has 1 heterocycles. The van der Waals surface area contributed by atoms with Crippen LogP contribution in [-0.4, -0.2) is 40.7 Å².